The van der Waals surface area contributed by atoms with Crippen LogP contribution in [0.1, 0.15) is 39.0 Å². The van der Waals surface area contributed by atoms with Gasteiger partial charge in [-0.2, -0.15) is 0 Å². The van der Waals surface area contributed by atoms with Crippen molar-refractivity contribution < 1.29 is 48.9 Å². The van der Waals surface area contributed by atoms with Crippen LogP contribution in [0.3, 0.4) is 0 Å². The minimum atomic E-state index is -1.68. The van der Waals surface area contributed by atoms with Crippen molar-refractivity contribution in [3.05, 3.63) is 0 Å². The van der Waals surface area contributed by atoms with Gasteiger partial charge in [0.25, 0.3) is 0 Å². The van der Waals surface area contributed by atoms with Crippen LogP contribution in [-0.4, -0.2) is 87.1 Å². The number of aliphatic hydroxyl groups excluding tert-OH is 1. The van der Waals surface area contributed by atoms with Gasteiger partial charge in [-0.3, -0.25) is 28.8 Å². The summed E-state index contributed by atoms with van der Waals surface area (Å²) in [4.78, 5) is 81.4. The summed E-state index contributed by atoms with van der Waals surface area (Å²) in [6, 6.07) is -6.29. The molecule has 192 valence electrons. The smallest absolute Gasteiger partial charge is 0.326 e. The molecule has 0 bridgehead atoms. The van der Waals surface area contributed by atoms with Crippen molar-refractivity contribution in [2.75, 3.05) is 0 Å². The van der Waals surface area contributed by atoms with Gasteiger partial charge < -0.3 is 48.5 Å². The molecule has 0 aromatic heterocycles. The quantitative estimate of drug-likeness (QED) is 0.0988. The number of primary amides is 2. The van der Waals surface area contributed by atoms with Crippen LogP contribution in [0, 0.1) is 0 Å². The molecule has 0 radical (unpaired) electrons. The maximum absolute atomic E-state index is 12.6. The third kappa shape index (κ3) is 11.7. The molecule has 0 aromatic rings. The van der Waals surface area contributed by atoms with Gasteiger partial charge in [0, 0.05) is 12.8 Å². The highest BCUT2D eigenvalue weighted by Crippen LogP contribution is 2.05. The fraction of sp³-hybridized carbons (Fsp3) is 0.611. The average molecular weight is 490 g/mol. The fourth-order valence-corrected chi connectivity index (χ4v) is 2.58. The predicted molar refractivity (Wildman–Crippen MR) is 112 cm³/mol. The molecule has 5 atom stereocenters. The van der Waals surface area contributed by atoms with Crippen molar-refractivity contribution in [3.8, 4) is 0 Å². The largest absolute Gasteiger partial charge is 0.481 e. The number of carboxylic acids is 2. The summed E-state index contributed by atoms with van der Waals surface area (Å²) in [5.41, 5.74) is 15.5. The maximum Gasteiger partial charge on any atom is 0.326 e. The van der Waals surface area contributed by atoms with Gasteiger partial charge in [-0.25, -0.2) is 4.79 Å². The van der Waals surface area contributed by atoms with E-state index >= 15 is 0 Å². The van der Waals surface area contributed by atoms with E-state index in [2.05, 4.69) is 16.0 Å². The number of carbonyl (C=O) groups is 7. The maximum atomic E-state index is 12.6. The molecule has 0 saturated heterocycles. The van der Waals surface area contributed by atoms with E-state index in [1.165, 1.54) is 0 Å². The molecule has 0 saturated carbocycles. The SMILES string of the molecule is CC(O)C(NC(=O)C(N)CC(=O)O)C(=O)NC(CCC(N)=O)C(=O)NC(CCC(N)=O)C(=O)O. The number of hydrogen-bond donors (Lipinski definition) is 9. The van der Waals surface area contributed by atoms with Crippen LogP contribution >= 0.6 is 0 Å². The van der Waals surface area contributed by atoms with Gasteiger partial charge in [-0.05, 0) is 19.8 Å². The van der Waals surface area contributed by atoms with Gasteiger partial charge in [0.1, 0.15) is 18.1 Å². The third-order valence-electron chi connectivity index (χ3n) is 4.40. The topological polar surface area (TPSA) is 294 Å². The molecule has 5 unspecified atom stereocenters. The number of hydrogen-bond acceptors (Lipinski definition) is 9. The van der Waals surface area contributed by atoms with Crippen LogP contribution in [0.4, 0.5) is 0 Å². The summed E-state index contributed by atoms with van der Waals surface area (Å²) >= 11 is 0. The van der Waals surface area contributed by atoms with Crippen LogP contribution in [0.2, 0.25) is 0 Å². The van der Waals surface area contributed by atoms with Gasteiger partial charge in [-0.1, -0.05) is 0 Å². The predicted octanol–water partition coefficient (Wildman–Crippen LogP) is -4.76. The van der Waals surface area contributed by atoms with Crippen molar-refractivity contribution >= 4 is 41.5 Å². The Balaban J connectivity index is 5.52. The highest BCUT2D eigenvalue weighted by Gasteiger charge is 2.33. The molecule has 16 heteroatoms. The van der Waals surface area contributed by atoms with Crippen molar-refractivity contribution in [1.29, 1.82) is 0 Å². The van der Waals surface area contributed by atoms with Gasteiger partial charge in [0.2, 0.25) is 29.5 Å². The second-order valence-corrected chi connectivity index (χ2v) is 7.40. The Bertz CT molecular complexity index is 802. The number of rotatable bonds is 16. The Morgan fingerprint density at radius 3 is 1.65 bits per heavy atom. The molecule has 16 nitrogen and oxygen atoms in total. The van der Waals surface area contributed by atoms with Crippen molar-refractivity contribution in [2.45, 2.75) is 69.3 Å². The lowest BCUT2D eigenvalue weighted by molar-refractivity contribution is -0.143. The second kappa shape index (κ2) is 14.4. The van der Waals surface area contributed by atoms with Crippen LogP contribution < -0.4 is 33.2 Å². The lowest BCUT2D eigenvalue weighted by atomic mass is 10.1. The Labute approximate surface area is 193 Å². The molecule has 34 heavy (non-hydrogen) atoms. The zero-order chi connectivity index (χ0) is 26.6. The van der Waals surface area contributed by atoms with Crippen LogP contribution in [-0.2, 0) is 33.6 Å². The number of nitrogens with one attached hydrogen (secondary N) is 3. The molecule has 0 aliphatic heterocycles. The van der Waals surface area contributed by atoms with E-state index in [0.29, 0.717) is 0 Å². The molecule has 12 N–H and O–H groups in total. The van der Waals surface area contributed by atoms with Crippen molar-refractivity contribution in [2.24, 2.45) is 17.2 Å². The summed E-state index contributed by atoms with van der Waals surface area (Å²) < 4.78 is 0. The van der Waals surface area contributed by atoms with Gasteiger partial charge >= 0.3 is 11.9 Å². The Hall–Kier alpha value is -3.79. The van der Waals surface area contributed by atoms with Crippen molar-refractivity contribution in [1.82, 2.24) is 16.0 Å². The van der Waals surface area contributed by atoms with E-state index in [-0.39, 0.29) is 19.3 Å². The minimum Gasteiger partial charge on any atom is -0.481 e. The number of carbonyl (C=O) groups excluding carboxylic acids is 5. The van der Waals surface area contributed by atoms with E-state index in [0.717, 1.165) is 6.92 Å². The third-order valence-corrected chi connectivity index (χ3v) is 4.40. The molecule has 5 amide bonds. The summed E-state index contributed by atoms with van der Waals surface area (Å²) in [7, 11) is 0. The number of aliphatic carboxylic acids is 2. The first-order valence-electron chi connectivity index (χ1n) is 10.0. The molecular formula is C18H30N6O10. The summed E-state index contributed by atoms with van der Waals surface area (Å²) in [6.45, 7) is 1.12. The van der Waals surface area contributed by atoms with Crippen LogP contribution in [0.25, 0.3) is 0 Å². The van der Waals surface area contributed by atoms with Gasteiger partial charge in [-0.15, -0.1) is 0 Å². The monoisotopic (exact) mass is 490 g/mol. The highest BCUT2D eigenvalue weighted by molar-refractivity contribution is 5.95. The molecule has 0 spiro atoms. The highest BCUT2D eigenvalue weighted by atomic mass is 16.4. The molecule has 0 aromatic carbocycles. The Kier molecular flexibility index (Phi) is 12.8. The molecule has 0 rings (SSSR count). The lowest BCUT2D eigenvalue weighted by Gasteiger charge is -2.26. The van der Waals surface area contributed by atoms with Crippen LogP contribution in [0.15, 0.2) is 0 Å². The standard InChI is InChI=1S/C18H30N6O10/c1-7(25)14(24-15(30)8(19)6-13(28)29)17(32)22-9(2-4-11(20)26)16(31)23-10(18(33)34)3-5-12(21)27/h7-10,14,25H,2-6,19H2,1H3,(H2,20,26)(H2,21,27)(H,22,32)(H,23,31)(H,24,30)(H,28,29)(H,33,34). The Morgan fingerprint density at radius 1 is 0.765 bits per heavy atom. The minimum absolute atomic E-state index is 0.347. The molecule has 0 aliphatic carbocycles. The van der Waals surface area contributed by atoms with Gasteiger partial charge in [0.15, 0.2) is 0 Å². The van der Waals surface area contributed by atoms with E-state index in [9.17, 15) is 43.8 Å². The summed E-state index contributed by atoms with van der Waals surface area (Å²) in [5, 5.41) is 34.2. The number of nitrogens with two attached hydrogens (primary N) is 3. The zero-order valence-corrected chi connectivity index (χ0v) is 18.4. The van der Waals surface area contributed by atoms with E-state index in [4.69, 9.17) is 22.3 Å². The normalized spacial score (nSPS) is 15.0. The van der Waals surface area contributed by atoms with E-state index < -0.39 is 84.6 Å². The number of carboxylic acid groups (broad SMARTS) is 2. The first-order chi connectivity index (χ1) is 15.6. The van der Waals surface area contributed by atoms with Crippen LogP contribution in [0.5, 0.6) is 0 Å². The lowest BCUT2D eigenvalue weighted by Crippen LogP contribution is -2.60. The van der Waals surface area contributed by atoms with Crippen molar-refractivity contribution in [3.63, 3.8) is 0 Å². The Morgan fingerprint density at radius 2 is 1.24 bits per heavy atom. The van der Waals surface area contributed by atoms with Gasteiger partial charge in [0.05, 0.1) is 18.6 Å². The first kappa shape index (κ1) is 30.2. The molecule has 0 heterocycles. The molecular weight excluding hydrogens is 460 g/mol. The average Bonchev–Trinajstić information content (AvgIpc) is 2.70. The summed E-state index contributed by atoms with van der Waals surface area (Å²) in [5.74, 6) is -7.75. The summed E-state index contributed by atoms with van der Waals surface area (Å²) in [6.07, 6.45) is -3.75. The molecule has 0 aliphatic rings. The fourth-order valence-electron chi connectivity index (χ4n) is 2.58. The zero-order valence-electron chi connectivity index (χ0n) is 18.4. The second-order valence-electron chi connectivity index (χ2n) is 7.40. The van der Waals surface area contributed by atoms with E-state index in [1.807, 2.05) is 0 Å². The van der Waals surface area contributed by atoms with E-state index in [1.54, 1.807) is 0 Å². The number of aliphatic hydroxyl groups is 1. The number of amides is 5. The molecule has 0 fully saturated rings. The first-order valence-corrected chi connectivity index (χ1v) is 10.0.